The van der Waals surface area contributed by atoms with Gasteiger partial charge in [0.05, 0.1) is 11.4 Å². The molecule has 4 aromatic rings. The van der Waals surface area contributed by atoms with Crippen molar-refractivity contribution in [2.45, 2.75) is 6.92 Å². The summed E-state index contributed by atoms with van der Waals surface area (Å²) in [6, 6.07) is 21.2. The molecule has 0 radical (unpaired) electrons. The van der Waals surface area contributed by atoms with Crippen molar-refractivity contribution in [3.63, 3.8) is 0 Å². The van der Waals surface area contributed by atoms with E-state index in [-0.39, 0.29) is 0 Å². The second kappa shape index (κ2) is 7.40. The number of aryl methyl sites for hydroxylation is 1. The molecule has 0 bridgehead atoms. The number of nitrogens with zero attached hydrogens (tertiary/aromatic N) is 3. The summed E-state index contributed by atoms with van der Waals surface area (Å²) in [5.41, 5.74) is 5.77. The quantitative estimate of drug-likeness (QED) is 0.410. The van der Waals surface area contributed by atoms with Crippen LogP contribution in [0.2, 0.25) is 0 Å². The van der Waals surface area contributed by atoms with Gasteiger partial charge in [-0.3, -0.25) is 4.79 Å². The third-order valence-corrected chi connectivity index (χ3v) is 4.53. The molecule has 0 spiro atoms. The Morgan fingerprint density at radius 1 is 0.964 bits per heavy atom. The lowest BCUT2D eigenvalue weighted by Gasteiger charge is -2.14. The van der Waals surface area contributed by atoms with E-state index in [1.165, 1.54) is 6.21 Å². The first-order valence-corrected chi connectivity index (χ1v) is 8.89. The van der Waals surface area contributed by atoms with Gasteiger partial charge in [-0.05, 0) is 24.6 Å². The van der Waals surface area contributed by atoms with E-state index in [4.69, 9.17) is 10.4 Å². The Labute approximate surface area is 162 Å². The van der Waals surface area contributed by atoms with Gasteiger partial charge in [0.25, 0.3) is 0 Å². The molecule has 0 saturated heterocycles. The molecule has 0 aliphatic rings. The van der Waals surface area contributed by atoms with Gasteiger partial charge in [-0.2, -0.15) is 5.10 Å². The lowest BCUT2D eigenvalue weighted by atomic mass is 9.97. The Balaban J connectivity index is 1.99. The second-order valence-electron chi connectivity index (χ2n) is 6.45. The van der Waals surface area contributed by atoms with Crippen LogP contribution in [-0.2, 0) is 0 Å². The molecule has 4 rings (SSSR count). The van der Waals surface area contributed by atoms with Crippen molar-refractivity contribution in [2.75, 3.05) is 0 Å². The lowest BCUT2D eigenvalue weighted by Crippen LogP contribution is -2.06. The monoisotopic (exact) mass is 366 g/mol. The van der Waals surface area contributed by atoms with Crippen molar-refractivity contribution in [3.8, 4) is 28.2 Å². The highest BCUT2D eigenvalue weighted by Crippen LogP contribution is 2.33. The van der Waals surface area contributed by atoms with Crippen LogP contribution < -0.4 is 0 Å². The van der Waals surface area contributed by atoms with Crippen molar-refractivity contribution >= 4 is 12.5 Å². The fourth-order valence-electron chi connectivity index (χ4n) is 3.12. The average molecular weight is 366 g/mol. The van der Waals surface area contributed by atoms with Gasteiger partial charge in [-0.1, -0.05) is 54.6 Å². The Bertz CT molecular complexity index is 1150. The van der Waals surface area contributed by atoms with Crippen LogP contribution in [0.25, 0.3) is 28.2 Å². The van der Waals surface area contributed by atoms with Gasteiger partial charge in [-0.25, -0.2) is 9.67 Å². The van der Waals surface area contributed by atoms with E-state index in [0.29, 0.717) is 16.9 Å². The Morgan fingerprint density at radius 2 is 1.71 bits per heavy atom. The predicted octanol–water partition coefficient (Wildman–Crippen LogP) is 4.72. The Kier molecular flexibility index (Phi) is 4.64. The maximum absolute atomic E-state index is 11.0. The molecule has 0 fully saturated rings. The lowest BCUT2D eigenvalue weighted by molar-refractivity contribution is 0.112. The third kappa shape index (κ3) is 3.25. The standard InChI is InChI=1S/C23H18N4O/c1-16-11-12-27(26-16)23-20(14-24)13-21(18-5-3-2-4-6-18)22(25-23)19-9-7-17(15-28)8-10-19/h2-15,24H,1H3. The topological polar surface area (TPSA) is 71.6 Å². The molecule has 136 valence electrons. The highest BCUT2D eigenvalue weighted by Gasteiger charge is 2.16. The number of hydrogen-bond donors (Lipinski definition) is 1. The van der Waals surface area contributed by atoms with E-state index < -0.39 is 0 Å². The molecular formula is C23H18N4O. The van der Waals surface area contributed by atoms with Crippen molar-refractivity contribution in [1.82, 2.24) is 14.8 Å². The smallest absolute Gasteiger partial charge is 0.162 e. The summed E-state index contributed by atoms with van der Waals surface area (Å²) in [7, 11) is 0. The van der Waals surface area contributed by atoms with Crippen LogP contribution in [0.4, 0.5) is 0 Å². The molecule has 0 saturated carbocycles. The number of carbonyl (C=O) groups excluding carboxylic acids is 1. The van der Waals surface area contributed by atoms with Crippen LogP contribution in [0.15, 0.2) is 72.9 Å². The molecule has 0 unspecified atom stereocenters. The summed E-state index contributed by atoms with van der Waals surface area (Å²) in [6.45, 7) is 1.91. The van der Waals surface area contributed by atoms with Crippen LogP contribution in [0.5, 0.6) is 0 Å². The molecule has 0 aliphatic carbocycles. The fourth-order valence-corrected chi connectivity index (χ4v) is 3.12. The zero-order valence-electron chi connectivity index (χ0n) is 15.3. The number of aldehydes is 1. The summed E-state index contributed by atoms with van der Waals surface area (Å²) in [5, 5.41) is 12.3. The number of benzene rings is 2. The van der Waals surface area contributed by atoms with Crippen molar-refractivity contribution in [2.24, 2.45) is 0 Å². The molecule has 2 aromatic carbocycles. The molecule has 2 aromatic heterocycles. The number of pyridine rings is 1. The molecule has 2 heterocycles. The fraction of sp³-hybridized carbons (Fsp3) is 0.0435. The molecule has 5 heteroatoms. The molecule has 0 amide bonds. The SMILES string of the molecule is Cc1ccn(-c2nc(-c3ccc(C=O)cc3)c(-c3ccccc3)cc2C=N)n1. The number of rotatable bonds is 5. The van der Waals surface area contributed by atoms with Crippen molar-refractivity contribution < 1.29 is 4.79 Å². The third-order valence-electron chi connectivity index (χ3n) is 4.53. The summed E-state index contributed by atoms with van der Waals surface area (Å²) < 4.78 is 1.69. The van der Waals surface area contributed by atoms with Crippen molar-refractivity contribution in [1.29, 1.82) is 5.41 Å². The van der Waals surface area contributed by atoms with E-state index >= 15 is 0 Å². The molecule has 5 nitrogen and oxygen atoms in total. The van der Waals surface area contributed by atoms with E-state index in [9.17, 15) is 4.79 Å². The maximum Gasteiger partial charge on any atom is 0.162 e. The van der Waals surface area contributed by atoms with Crippen LogP contribution >= 0.6 is 0 Å². The molecule has 28 heavy (non-hydrogen) atoms. The van der Waals surface area contributed by atoms with Gasteiger partial charge in [0.1, 0.15) is 6.29 Å². The van der Waals surface area contributed by atoms with Crippen LogP contribution in [-0.4, -0.2) is 27.3 Å². The van der Waals surface area contributed by atoms with Crippen LogP contribution in [0.1, 0.15) is 21.6 Å². The molecule has 0 aliphatic heterocycles. The summed E-state index contributed by atoms with van der Waals surface area (Å²) in [6.07, 6.45) is 3.96. The number of nitrogens with one attached hydrogen (secondary N) is 1. The minimum absolute atomic E-state index is 0.595. The average Bonchev–Trinajstić information content (AvgIpc) is 3.19. The van der Waals surface area contributed by atoms with Gasteiger partial charge in [0, 0.05) is 34.7 Å². The van der Waals surface area contributed by atoms with E-state index in [0.717, 1.165) is 34.4 Å². The highest BCUT2D eigenvalue weighted by molar-refractivity contribution is 5.90. The maximum atomic E-state index is 11.0. The van der Waals surface area contributed by atoms with E-state index in [2.05, 4.69) is 5.10 Å². The van der Waals surface area contributed by atoms with E-state index in [1.807, 2.05) is 67.7 Å². The second-order valence-corrected chi connectivity index (χ2v) is 6.45. The van der Waals surface area contributed by atoms with Gasteiger partial charge in [0.2, 0.25) is 0 Å². The van der Waals surface area contributed by atoms with E-state index in [1.54, 1.807) is 16.8 Å². The first-order chi connectivity index (χ1) is 13.7. The number of hydrogen-bond acceptors (Lipinski definition) is 4. The van der Waals surface area contributed by atoms with Gasteiger partial charge in [0.15, 0.2) is 5.82 Å². The van der Waals surface area contributed by atoms with Gasteiger partial charge >= 0.3 is 0 Å². The van der Waals surface area contributed by atoms with Gasteiger partial charge < -0.3 is 5.41 Å². The molecular weight excluding hydrogens is 348 g/mol. The van der Waals surface area contributed by atoms with Gasteiger partial charge in [-0.15, -0.1) is 0 Å². The molecule has 0 atom stereocenters. The first-order valence-electron chi connectivity index (χ1n) is 8.89. The first kappa shape index (κ1) is 17.5. The van der Waals surface area contributed by atoms with Crippen LogP contribution in [0, 0.1) is 12.3 Å². The summed E-state index contributed by atoms with van der Waals surface area (Å²) >= 11 is 0. The summed E-state index contributed by atoms with van der Waals surface area (Å²) in [5.74, 6) is 0.595. The number of carbonyl (C=O) groups is 1. The van der Waals surface area contributed by atoms with Crippen molar-refractivity contribution in [3.05, 3.63) is 89.7 Å². The normalized spacial score (nSPS) is 10.6. The summed E-state index contributed by atoms with van der Waals surface area (Å²) in [4.78, 5) is 15.9. The minimum Gasteiger partial charge on any atom is -0.308 e. The predicted molar refractivity (Wildman–Crippen MR) is 110 cm³/mol. The highest BCUT2D eigenvalue weighted by atomic mass is 16.1. The molecule has 1 N–H and O–H groups in total. The zero-order valence-corrected chi connectivity index (χ0v) is 15.3. The number of aromatic nitrogens is 3. The zero-order chi connectivity index (χ0) is 19.5. The minimum atomic E-state index is 0.595. The Morgan fingerprint density at radius 3 is 2.32 bits per heavy atom. The Hall–Kier alpha value is -3.86. The van der Waals surface area contributed by atoms with Crippen LogP contribution in [0.3, 0.4) is 0 Å². The largest absolute Gasteiger partial charge is 0.308 e.